The standard InChI is InChI=1S/C52H47N3O7/c1-52(40-15-19-42(56)20-16-40,41-17-21-43(57)22-18-41)26-23-50(58)62-31-10-30-61-32-29-55-27-24-37(25-28-55)33-49(54-2)47-35-44(38-11-6-4-7-12-38)46(48(36-53)51(59)60-3)34-45(47)39-13-8-5-9-14-39/h4-9,11-22,24-25,27-28,33-35,56-57H,10,23,26,29-32H2,1,3H3. The number of rotatable bonds is 16. The van der Waals surface area contributed by atoms with Crippen LogP contribution >= 0.6 is 0 Å². The number of hydrogen-bond donors (Lipinski definition) is 2. The Bertz CT molecular complexity index is 2610. The maximum absolute atomic E-state index is 12.8. The molecule has 0 atom stereocenters. The van der Waals surface area contributed by atoms with Crippen molar-refractivity contribution in [1.29, 1.82) is 5.26 Å². The van der Waals surface area contributed by atoms with Gasteiger partial charge in [-0.25, -0.2) is 9.64 Å². The summed E-state index contributed by atoms with van der Waals surface area (Å²) in [6.45, 7) is 12.0. The molecule has 10 heteroatoms. The van der Waals surface area contributed by atoms with Gasteiger partial charge in [-0.3, -0.25) is 4.79 Å². The van der Waals surface area contributed by atoms with Crippen LogP contribution in [0.1, 0.15) is 37.3 Å². The van der Waals surface area contributed by atoms with Gasteiger partial charge in [0, 0.05) is 49.0 Å². The molecular formula is C52H47N3O7. The third-order valence-corrected chi connectivity index (χ3v) is 10.7. The summed E-state index contributed by atoms with van der Waals surface area (Å²) in [6.07, 6.45) is 10.7. The van der Waals surface area contributed by atoms with Gasteiger partial charge in [0.25, 0.3) is 0 Å². The minimum atomic E-state index is -0.743. The molecule has 0 radical (unpaired) electrons. The summed E-state index contributed by atoms with van der Waals surface area (Å²) >= 11 is 0. The molecule has 5 aromatic rings. The Morgan fingerprint density at radius 3 is 1.87 bits per heavy atom. The first kappa shape index (κ1) is 43.9. The highest BCUT2D eigenvalue weighted by atomic mass is 16.5. The lowest BCUT2D eigenvalue weighted by atomic mass is 9.73. The number of carbonyl (C=O) groups excluding carboxylic acids is 2. The average molecular weight is 826 g/mol. The van der Waals surface area contributed by atoms with Gasteiger partial charge in [-0.05, 0) is 99.2 Å². The van der Waals surface area contributed by atoms with Crippen LogP contribution in [0, 0.1) is 17.9 Å². The zero-order chi connectivity index (χ0) is 43.9. The van der Waals surface area contributed by atoms with Gasteiger partial charge in [-0.2, -0.15) is 5.26 Å². The molecule has 62 heavy (non-hydrogen) atoms. The van der Waals surface area contributed by atoms with Crippen molar-refractivity contribution >= 4 is 23.2 Å². The molecule has 5 aromatic carbocycles. The number of nitrogens with zero attached hydrogens (tertiary/aromatic N) is 3. The molecule has 0 bridgehead atoms. The topological polar surface area (TPSA) is 134 Å². The van der Waals surface area contributed by atoms with Gasteiger partial charge < -0.3 is 29.3 Å². The van der Waals surface area contributed by atoms with E-state index in [4.69, 9.17) is 20.8 Å². The molecule has 1 aliphatic heterocycles. The summed E-state index contributed by atoms with van der Waals surface area (Å²) in [5.41, 5.74) is 5.30. The number of phenols is 2. The summed E-state index contributed by atoms with van der Waals surface area (Å²) in [7, 11) is 1.24. The van der Waals surface area contributed by atoms with Gasteiger partial charge in [0.05, 0.1) is 26.9 Å². The van der Waals surface area contributed by atoms with E-state index in [9.17, 15) is 25.1 Å². The van der Waals surface area contributed by atoms with Crippen LogP contribution < -0.4 is 10.4 Å². The van der Waals surface area contributed by atoms with Crippen molar-refractivity contribution in [3.8, 4) is 39.8 Å². The van der Waals surface area contributed by atoms with Gasteiger partial charge >= 0.3 is 11.9 Å². The number of benzene rings is 5. The Labute approximate surface area is 361 Å². The molecule has 0 saturated heterocycles. The van der Waals surface area contributed by atoms with E-state index in [2.05, 4.69) is 4.85 Å². The van der Waals surface area contributed by atoms with Crippen LogP contribution in [0.15, 0.2) is 158 Å². The monoisotopic (exact) mass is 825 g/mol. The number of carbonyl (C=O) groups is 2. The summed E-state index contributed by atoms with van der Waals surface area (Å²) in [4.78, 5) is 31.5. The predicted molar refractivity (Wildman–Crippen MR) is 239 cm³/mol. The number of ether oxygens (including phenoxy) is 3. The average Bonchev–Trinajstić information content (AvgIpc) is 3.31. The smallest absolute Gasteiger partial charge is 0.349 e. The largest absolute Gasteiger partial charge is 0.508 e. The van der Waals surface area contributed by atoms with Crippen LogP contribution in [0.4, 0.5) is 0 Å². The van der Waals surface area contributed by atoms with Crippen molar-refractivity contribution < 1.29 is 34.0 Å². The highest BCUT2D eigenvalue weighted by Crippen LogP contribution is 2.38. The predicted octanol–water partition coefficient (Wildman–Crippen LogP) is 8.31. The molecule has 2 N–H and O–H groups in total. The molecule has 10 nitrogen and oxygen atoms in total. The van der Waals surface area contributed by atoms with E-state index in [0.29, 0.717) is 59.9 Å². The molecule has 6 rings (SSSR count). The number of hydrogen-bond acceptors (Lipinski definition) is 9. The highest BCUT2D eigenvalue weighted by molar-refractivity contribution is 6.16. The van der Waals surface area contributed by atoms with Crippen LogP contribution in [0.25, 0.3) is 38.4 Å². The zero-order valence-corrected chi connectivity index (χ0v) is 34.7. The summed E-state index contributed by atoms with van der Waals surface area (Å²) in [6, 6.07) is 38.6. The first-order chi connectivity index (χ1) is 30.1. The lowest BCUT2D eigenvalue weighted by molar-refractivity contribution is -0.144. The van der Waals surface area contributed by atoms with Crippen molar-refractivity contribution in [2.24, 2.45) is 0 Å². The molecule has 0 fully saturated rings. The summed E-state index contributed by atoms with van der Waals surface area (Å²) < 4.78 is 16.4. The second-order valence-electron chi connectivity index (χ2n) is 14.8. The molecule has 1 heterocycles. The fourth-order valence-corrected chi connectivity index (χ4v) is 7.25. The third kappa shape index (κ3) is 10.9. The van der Waals surface area contributed by atoms with E-state index in [-0.39, 0.29) is 36.1 Å². The normalized spacial score (nSPS) is 13.1. The van der Waals surface area contributed by atoms with E-state index < -0.39 is 11.4 Å². The lowest BCUT2D eigenvalue weighted by Gasteiger charge is -2.31. The van der Waals surface area contributed by atoms with Crippen molar-refractivity contribution in [3.63, 3.8) is 0 Å². The van der Waals surface area contributed by atoms with Gasteiger partial charge in [0.1, 0.15) is 23.1 Å². The number of methoxy groups -OCH3 is 1. The van der Waals surface area contributed by atoms with Gasteiger partial charge in [0.2, 0.25) is 0 Å². The second-order valence-corrected chi connectivity index (χ2v) is 14.8. The van der Waals surface area contributed by atoms with Crippen LogP contribution in [0.5, 0.6) is 11.5 Å². The van der Waals surface area contributed by atoms with Crippen LogP contribution in [0.2, 0.25) is 0 Å². The molecule has 0 unspecified atom stereocenters. The molecule has 0 saturated carbocycles. The van der Waals surface area contributed by atoms with Gasteiger partial charge in [-0.1, -0.05) is 97.9 Å². The number of esters is 2. The quantitative estimate of drug-likeness (QED) is 0.0573. The zero-order valence-electron chi connectivity index (χ0n) is 34.7. The van der Waals surface area contributed by atoms with Crippen molar-refractivity contribution in [2.45, 2.75) is 31.6 Å². The summed E-state index contributed by atoms with van der Waals surface area (Å²) in [5.74, 6) is -0.734. The molecule has 0 spiro atoms. The summed E-state index contributed by atoms with van der Waals surface area (Å²) in [5, 5.41) is 30.8. The minimum absolute atomic E-state index is 0.131. The fraction of sp³-hybridized carbons (Fsp3) is 0.192. The van der Waals surface area contributed by atoms with E-state index in [1.807, 2.05) is 140 Å². The van der Waals surface area contributed by atoms with E-state index in [0.717, 1.165) is 27.8 Å². The van der Waals surface area contributed by atoms with Crippen LogP contribution in [-0.4, -0.2) is 60.5 Å². The van der Waals surface area contributed by atoms with E-state index >= 15 is 0 Å². The van der Waals surface area contributed by atoms with Crippen LogP contribution in [0.3, 0.4) is 0 Å². The maximum Gasteiger partial charge on any atom is 0.349 e. The first-order valence-corrected chi connectivity index (χ1v) is 20.2. The van der Waals surface area contributed by atoms with Crippen molar-refractivity contribution in [2.75, 3.05) is 33.5 Å². The lowest BCUT2D eigenvalue weighted by Crippen LogP contribution is -2.25. The number of phenolic OH excluding ortho intramolecular Hbond substituents is 2. The van der Waals surface area contributed by atoms with Crippen molar-refractivity contribution in [3.05, 3.63) is 191 Å². The Morgan fingerprint density at radius 2 is 1.34 bits per heavy atom. The van der Waals surface area contributed by atoms with E-state index in [1.165, 1.54) is 7.11 Å². The highest BCUT2D eigenvalue weighted by Gasteiger charge is 2.30. The number of nitriles is 1. The van der Waals surface area contributed by atoms with Gasteiger partial charge in [0.15, 0.2) is 5.70 Å². The minimum Gasteiger partial charge on any atom is -0.508 e. The molecule has 1 aliphatic rings. The van der Waals surface area contributed by atoms with E-state index in [1.54, 1.807) is 30.3 Å². The molecule has 0 aromatic heterocycles. The molecule has 312 valence electrons. The fourth-order valence-electron chi connectivity index (χ4n) is 7.25. The Balaban J connectivity index is 1.07. The Kier molecular flexibility index (Phi) is 14.9. The third-order valence-electron chi connectivity index (χ3n) is 10.7. The number of allylic oxidation sites excluding steroid dienone is 3. The van der Waals surface area contributed by atoms with Crippen molar-refractivity contribution in [1.82, 2.24) is 4.90 Å². The SMILES string of the molecule is [C-]#[N+]C(C=C1C=CN(CCOCCCOC(=O)CCC(C)(c2ccc(O)cc2)c2ccc(O)cc2)C=C1)=c1cc(-c2ccccc2)c(=C(C#N)C(=O)OC)cc1-c1ccccc1. The number of aromatic hydroxyl groups is 2. The second kappa shape index (κ2) is 21.0. The van der Waals surface area contributed by atoms with Gasteiger partial charge in [-0.15, -0.1) is 0 Å². The molecular weight excluding hydrogens is 779 g/mol. The van der Waals surface area contributed by atoms with Crippen LogP contribution in [-0.2, 0) is 29.2 Å². The first-order valence-electron chi connectivity index (χ1n) is 20.2. The molecule has 0 amide bonds. The Hall–Kier alpha value is -7.66. The maximum atomic E-state index is 12.8. The molecule has 0 aliphatic carbocycles. The Morgan fingerprint density at radius 1 is 0.790 bits per heavy atom.